The lowest BCUT2D eigenvalue weighted by molar-refractivity contribution is -0.433. The molecule has 6 heterocycles. The van der Waals surface area contributed by atoms with Crippen LogP contribution in [0.25, 0.3) is 26.8 Å². The molecule has 37 heteroatoms. The Bertz CT molecular complexity index is 3900. The fourth-order valence-electron chi connectivity index (χ4n) is 14.1. The second kappa shape index (κ2) is 43.7. The minimum atomic E-state index is -2.18. The number of imidazole rings is 1. The third-order valence-corrected chi connectivity index (χ3v) is 21.5. The molecular weight excluding hydrogens is 1510 g/mol. The number of methoxy groups -OCH3 is 1. The second-order valence-corrected chi connectivity index (χ2v) is 30.5. The molecule has 14 N–H and O–H groups in total. The highest BCUT2D eigenvalue weighted by Crippen LogP contribution is 2.34. The molecule has 4 fully saturated rings. The molecule has 4 aliphatic heterocycles. The smallest absolute Gasteiger partial charge is 0.407 e. The highest BCUT2D eigenvalue weighted by atomic mass is 32.2. The van der Waals surface area contributed by atoms with Crippen LogP contribution in [0, 0.1) is 5.92 Å². The number of phenols is 1. The Labute approximate surface area is 664 Å². The molecule has 5 aromatic rings. The van der Waals surface area contributed by atoms with Crippen molar-refractivity contribution in [2.75, 3.05) is 77.6 Å². The Balaban J connectivity index is 0.00000167. The molecule has 0 radical (unpaired) electrons. The number of carbonyl (C=O) groups is 8. The molecule has 4 aliphatic rings. The standard InChI is InChI=1S/C68H90N12O22S2.C8H19N/c1-5-26-99-68(95)69-23-20-51(85)56-66(94)79-34-37(2)58(87)57(79)63(92)70-33-44(82)31-47(60(89)73-54(38(3)81)65(93)78-35-45(83)32-49(78)61(90)74-55(62(91)75-56)52(86)29-39-10-19-50(84)53(30-39)100-104-102-101-96)71-59(88)41-13-11-40(12-14-41)48-36-80-67(72-48)103-64(76-80)42-15-17-43(18-16-42)77-24-21-46(22-25-77)98-28-9-7-6-8-27-97-4;1-6-9(7(2)3)8(4)5/h5,10-19,30,36-38,44-47,49,51-52,54-58,81-87,96H,1,6-9,20-29,31-35H2,2-4H3,(H,69,95)(H,70,92)(H,71,88)(H,73,89)(H,74,90)(H,75,91);7-8H,6H2,1-5H3/t37-,38+,44+,45+,47+,49+,51-,52-,54+,55+,56+,57+,58+;/m1./s1. The van der Waals surface area contributed by atoms with Crippen molar-refractivity contribution in [1.29, 1.82) is 0 Å². The third-order valence-electron chi connectivity index (χ3n) is 20.1. The van der Waals surface area contributed by atoms with Crippen molar-refractivity contribution in [2.24, 2.45) is 5.92 Å². The van der Waals surface area contributed by atoms with Gasteiger partial charge in [0.15, 0.2) is 11.5 Å². The van der Waals surface area contributed by atoms with Gasteiger partial charge in [-0.25, -0.2) is 19.6 Å². The number of aliphatic hydroxyl groups is 6. The molecule has 0 aliphatic carbocycles. The van der Waals surface area contributed by atoms with E-state index in [1.54, 1.807) is 30.0 Å². The average molecular weight is 1620 g/mol. The van der Waals surface area contributed by atoms with Gasteiger partial charge in [-0.1, -0.05) is 78.3 Å². The molecule has 113 heavy (non-hydrogen) atoms. The van der Waals surface area contributed by atoms with E-state index in [1.807, 2.05) is 12.1 Å². The lowest BCUT2D eigenvalue weighted by Crippen LogP contribution is -2.64. The summed E-state index contributed by atoms with van der Waals surface area (Å²) in [6.07, 6.45) is -4.33. The number of carbonyl (C=O) groups excluding carboxylic acids is 8. The van der Waals surface area contributed by atoms with Gasteiger partial charge in [0.25, 0.3) is 18.2 Å². The number of phenolic OH excluding ortho intramolecular Hbond substituents is 1. The summed E-state index contributed by atoms with van der Waals surface area (Å²) >= 11 is 1.45. The number of aromatic hydroxyl groups is 1. The number of amides is 8. The van der Waals surface area contributed by atoms with Crippen LogP contribution in [-0.4, -0.2) is 282 Å². The van der Waals surface area contributed by atoms with E-state index in [1.165, 1.54) is 42.5 Å². The Morgan fingerprint density at radius 3 is 2.09 bits per heavy atom. The number of β-amino-alcohol motifs (C(OH)–C–C–N with tert-alkyl or cyclic N) is 1. The molecule has 4 saturated heterocycles. The number of fused-ring (bicyclic) bond motifs is 3. The van der Waals surface area contributed by atoms with Crippen LogP contribution in [-0.2, 0) is 58.8 Å². The molecule has 3 aromatic carbocycles. The number of nitrogens with zero attached hydrogens (tertiary/aromatic N) is 7. The minimum absolute atomic E-state index is 0.00871. The van der Waals surface area contributed by atoms with Gasteiger partial charge in [0.2, 0.25) is 40.4 Å². The molecule has 8 amide bonds. The zero-order chi connectivity index (χ0) is 82.2. The van der Waals surface area contributed by atoms with Crippen molar-refractivity contribution < 1.29 is 107 Å². The van der Waals surface area contributed by atoms with Crippen LogP contribution < -0.4 is 41.0 Å². The topological polar surface area (TPSA) is 469 Å². The van der Waals surface area contributed by atoms with Crippen LogP contribution in [0.15, 0.2) is 85.6 Å². The molecule has 9 rings (SSSR count). The van der Waals surface area contributed by atoms with Gasteiger partial charge >= 0.3 is 6.09 Å². The zero-order valence-electron chi connectivity index (χ0n) is 64.8. The van der Waals surface area contributed by atoms with E-state index in [2.05, 4.69) is 104 Å². The summed E-state index contributed by atoms with van der Waals surface area (Å²) in [5.74, 6) is -9.74. The first-order chi connectivity index (χ1) is 54.0. The molecule has 0 bridgehead atoms. The van der Waals surface area contributed by atoms with Crippen LogP contribution in [0.2, 0.25) is 0 Å². The second-order valence-electron chi connectivity index (χ2n) is 29.1. The number of unbranched alkanes of at least 4 members (excludes halogenated alkanes) is 3. The van der Waals surface area contributed by atoms with Crippen LogP contribution >= 0.6 is 23.7 Å². The van der Waals surface area contributed by atoms with Crippen LogP contribution in [0.4, 0.5) is 10.5 Å². The zero-order valence-corrected chi connectivity index (χ0v) is 66.5. The molecule has 0 saturated carbocycles. The van der Waals surface area contributed by atoms with E-state index in [9.17, 15) is 69.3 Å². The number of nitrogens with one attached hydrogen (secondary N) is 6. The SMILES string of the molecule is C=CCOC(=O)NCC[C@@H](O)[C@@H]1NC(=O)[C@H]([C@H](O)Cc2ccc(O)c(OSOOO)c2)NC(=O)[C@@H]2C[C@H](O)CN2C(=O)[C@H]([C@H](C)O)NC(=O)[C@@H](NC(=O)c2ccc(-c3cn4nc(-c5ccc(N6CCC(OCCCCCCOC)CC6)cc5)sc4n3)cc2)C[C@H](O)CNC(=O)[C@@H]2[C@@H](O)[C@H](C)CN2C1=O.CCN(C(C)C)C(C)C. The molecule has 622 valence electrons. The van der Waals surface area contributed by atoms with Gasteiger partial charge in [-0.05, 0) is 127 Å². The number of benzene rings is 3. The Morgan fingerprint density at radius 1 is 0.788 bits per heavy atom. The highest BCUT2D eigenvalue weighted by molar-refractivity contribution is 7.90. The first-order valence-electron chi connectivity index (χ1n) is 38.1. The van der Waals surface area contributed by atoms with E-state index in [4.69, 9.17) is 33.7 Å². The van der Waals surface area contributed by atoms with Crippen molar-refractivity contribution in [3.05, 3.63) is 96.7 Å². The number of aliphatic hydroxyl groups excluding tert-OH is 6. The van der Waals surface area contributed by atoms with Gasteiger partial charge in [-0.15, -0.1) is 0 Å². The highest BCUT2D eigenvalue weighted by Gasteiger charge is 2.50. The fourth-order valence-corrected chi connectivity index (χ4v) is 15.3. The number of ether oxygens (including phenoxy) is 3. The van der Waals surface area contributed by atoms with Crippen LogP contribution in [0.1, 0.15) is 122 Å². The number of rotatable bonds is 30. The van der Waals surface area contributed by atoms with E-state index < -0.39 is 177 Å². The molecule has 35 nitrogen and oxygen atoms in total. The average Bonchev–Trinajstić information content (AvgIpc) is 1.65. The summed E-state index contributed by atoms with van der Waals surface area (Å²) in [4.78, 5) is 127. The van der Waals surface area contributed by atoms with Gasteiger partial charge in [0, 0.05) is 119 Å². The predicted octanol–water partition coefficient (Wildman–Crippen LogP) is 2.76. The summed E-state index contributed by atoms with van der Waals surface area (Å²) < 4.78 is 27.3. The van der Waals surface area contributed by atoms with Gasteiger partial charge in [0.1, 0.15) is 47.9 Å². The molecular formula is C76H109N13O22S2. The normalized spacial score (nSPS) is 23.3. The summed E-state index contributed by atoms with van der Waals surface area (Å²) in [5, 5.41) is 112. The Kier molecular flexibility index (Phi) is 34.8. The third kappa shape index (κ3) is 25.2. The quantitative estimate of drug-likeness (QED) is 0.0103. The number of alkyl carbamates (subject to hydrolysis) is 1. The van der Waals surface area contributed by atoms with Gasteiger partial charge in [0.05, 0.1) is 54.6 Å². The summed E-state index contributed by atoms with van der Waals surface area (Å²) in [6.45, 7) is 19.5. The van der Waals surface area contributed by atoms with Gasteiger partial charge < -0.3 is 101 Å². The number of hydrogen-bond donors (Lipinski definition) is 14. The molecule has 13 atom stereocenters. The molecule has 0 unspecified atom stereocenters. The number of piperidine rings is 1. The van der Waals surface area contributed by atoms with E-state index in [-0.39, 0.29) is 48.5 Å². The van der Waals surface area contributed by atoms with E-state index in [0.29, 0.717) is 28.3 Å². The van der Waals surface area contributed by atoms with Crippen molar-refractivity contribution >= 4 is 81.8 Å². The van der Waals surface area contributed by atoms with Crippen molar-refractivity contribution in [3.63, 3.8) is 0 Å². The first kappa shape index (κ1) is 89.9. The van der Waals surface area contributed by atoms with Crippen LogP contribution in [0.3, 0.4) is 0 Å². The first-order valence-corrected chi connectivity index (χ1v) is 39.5. The van der Waals surface area contributed by atoms with Crippen LogP contribution in [0.5, 0.6) is 11.5 Å². The fraction of sp³-hybridized carbons (Fsp3) is 0.579. The predicted molar refractivity (Wildman–Crippen MR) is 416 cm³/mol. The maximum atomic E-state index is 15.0. The van der Waals surface area contributed by atoms with E-state index >= 15 is 4.79 Å². The lowest BCUT2D eigenvalue weighted by Gasteiger charge is -2.34. The summed E-state index contributed by atoms with van der Waals surface area (Å²) in [6, 6.07) is 7.74. The van der Waals surface area contributed by atoms with Crippen molar-refractivity contribution in [1.82, 2.24) is 61.2 Å². The van der Waals surface area contributed by atoms with Crippen molar-refractivity contribution in [3.8, 4) is 33.3 Å². The maximum Gasteiger partial charge on any atom is 0.407 e. The molecule has 2 aromatic heterocycles. The lowest BCUT2D eigenvalue weighted by atomic mass is 9.98. The maximum absolute atomic E-state index is 15.0. The number of aromatic nitrogens is 3. The summed E-state index contributed by atoms with van der Waals surface area (Å²) in [7, 11) is 1.72. The minimum Gasteiger partial charge on any atom is -0.504 e. The molecule has 0 spiro atoms. The van der Waals surface area contributed by atoms with Crippen molar-refractivity contribution in [2.45, 2.75) is 204 Å². The van der Waals surface area contributed by atoms with Gasteiger partial charge in [-0.2, -0.15) is 5.10 Å². The van der Waals surface area contributed by atoms with E-state index in [0.717, 1.165) is 116 Å². The monoisotopic (exact) mass is 1620 g/mol. The Morgan fingerprint density at radius 2 is 1.45 bits per heavy atom. The largest absolute Gasteiger partial charge is 0.504 e. The summed E-state index contributed by atoms with van der Waals surface area (Å²) in [5.41, 5.74) is 3.25. The van der Waals surface area contributed by atoms with Gasteiger partial charge in [-0.3, -0.25) is 38.5 Å². The number of anilines is 1. The number of hydrogen-bond acceptors (Lipinski definition) is 28. The Hall–Kier alpha value is -8.67.